The second-order valence-electron chi connectivity index (χ2n) is 6.11. The Morgan fingerprint density at radius 2 is 1.78 bits per heavy atom. The zero-order valence-electron chi connectivity index (χ0n) is 15.2. The van der Waals surface area contributed by atoms with Gasteiger partial charge in [0.05, 0.1) is 13.2 Å². The lowest BCUT2D eigenvalue weighted by atomic mass is 10.1. The summed E-state index contributed by atoms with van der Waals surface area (Å²) in [7, 11) is 0. The second-order valence-corrected chi connectivity index (χ2v) is 6.11. The number of unbranched alkanes of at least 4 members (excludes halogenated alkanes) is 1. The molecular weight excluding hydrogens is 352 g/mol. The third-order valence-corrected chi connectivity index (χ3v) is 4.35. The van der Waals surface area contributed by atoms with Gasteiger partial charge in [0.2, 0.25) is 5.76 Å². The van der Waals surface area contributed by atoms with Gasteiger partial charge < -0.3 is 9.15 Å². The van der Waals surface area contributed by atoms with Crippen molar-refractivity contribution in [2.75, 3.05) is 13.2 Å². The Balaban J connectivity index is 1.97. The van der Waals surface area contributed by atoms with Crippen molar-refractivity contribution >= 4 is 34.8 Å². The molecule has 1 aromatic carbocycles. The van der Waals surface area contributed by atoms with Crippen LogP contribution in [0.15, 0.2) is 28.7 Å². The molecule has 3 rings (SSSR count). The summed E-state index contributed by atoms with van der Waals surface area (Å²) in [5, 5.41) is 0.584. The van der Waals surface area contributed by atoms with Crippen LogP contribution in [0.5, 0.6) is 0 Å². The third-order valence-electron chi connectivity index (χ3n) is 4.35. The van der Waals surface area contributed by atoms with Crippen LogP contribution < -0.4 is 0 Å². The average molecular weight is 372 g/mol. The van der Waals surface area contributed by atoms with Gasteiger partial charge in [-0.25, -0.2) is 9.59 Å². The van der Waals surface area contributed by atoms with E-state index < -0.39 is 23.8 Å². The number of fused-ring (bicyclic) bond motifs is 1. The maximum absolute atomic E-state index is 12.6. The maximum Gasteiger partial charge on any atom is 0.374 e. The summed E-state index contributed by atoms with van der Waals surface area (Å²) in [6.45, 7) is 3.69. The van der Waals surface area contributed by atoms with E-state index in [0.29, 0.717) is 23.0 Å². The molecular formula is C19H20N2O6. The number of hydrogen-bond acceptors (Lipinski definition) is 6. The summed E-state index contributed by atoms with van der Waals surface area (Å²) in [4.78, 5) is 51.1. The first-order valence-corrected chi connectivity index (χ1v) is 8.84. The number of rotatable bonds is 7. The van der Waals surface area contributed by atoms with E-state index in [1.54, 1.807) is 31.2 Å². The van der Waals surface area contributed by atoms with Gasteiger partial charge in [-0.1, -0.05) is 31.5 Å². The molecule has 4 amide bonds. The van der Waals surface area contributed by atoms with Crippen molar-refractivity contribution in [3.05, 3.63) is 35.6 Å². The van der Waals surface area contributed by atoms with E-state index in [9.17, 15) is 19.2 Å². The van der Waals surface area contributed by atoms with Gasteiger partial charge in [-0.05, 0) is 19.4 Å². The Morgan fingerprint density at radius 1 is 1.07 bits per heavy atom. The lowest BCUT2D eigenvalue weighted by Crippen LogP contribution is -2.34. The highest BCUT2D eigenvalue weighted by Gasteiger charge is 2.44. The number of urea groups is 1. The molecule has 142 valence electrons. The molecule has 1 fully saturated rings. The van der Waals surface area contributed by atoms with Gasteiger partial charge in [0.25, 0.3) is 0 Å². The number of para-hydroxylation sites is 1. The van der Waals surface area contributed by atoms with Crippen LogP contribution in [0.4, 0.5) is 4.79 Å². The Hall–Kier alpha value is -3.16. The molecule has 2 heterocycles. The quantitative estimate of drug-likeness (QED) is 0.421. The number of ether oxygens (including phenoxy) is 1. The normalized spacial score (nSPS) is 14.5. The number of carbonyl (C=O) groups excluding carboxylic acids is 4. The first-order chi connectivity index (χ1) is 13.0. The van der Waals surface area contributed by atoms with Gasteiger partial charge in [0, 0.05) is 17.5 Å². The van der Waals surface area contributed by atoms with Gasteiger partial charge in [0.1, 0.15) is 5.58 Å². The van der Waals surface area contributed by atoms with Crippen LogP contribution in [-0.4, -0.2) is 46.8 Å². The Labute approximate surface area is 155 Å². The fourth-order valence-corrected chi connectivity index (χ4v) is 2.98. The fraction of sp³-hybridized carbons (Fsp3) is 0.368. The molecule has 1 aromatic heterocycles. The summed E-state index contributed by atoms with van der Waals surface area (Å²) in [5.41, 5.74) is 0.778. The molecule has 0 saturated carbocycles. The monoisotopic (exact) mass is 372 g/mol. The minimum absolute atomic E-state index is 0.0712. The zero-order valence-corrected chi connectivity index (χ0v) is 15.2. The van der Waals surface area contributed by atoms with Crippen LogP contribution in [0, 0.1) is 0 Å². The Bertz CT molecular complexity index is 916. The minimum Gasteiger partial charge on any atom is -0.460 e. The van der Waals surface area contributed by atoms with E-state index in [-0.39, 0.29) is 25.5 Å². The molecule has 1 saturated heterocycles. The number of nitrogens with zero attached hydrogens (tertiary/aromatic N) is 2. The van der Waals surface area contributed by atoms with E-state index in [2.05, 4.69) is 0 Å². The number of benzene rings is 1. The number of hydrogen-bond donors (Lipinski definition) is 0. The van der Waals surface area contributed by atoms with E-state index in [1.165, 1.54) is 0 Å². The van der Waals surface area contributed by atoms with Crippen LogP contribution in [0.3, 0.4) is 0 Å². The van der Waals surface area contributed by atoms with Crippen LogP contribution >= 0.6 is 0 Å². The van der Waals surface area contributed by atoms with Gasteiger partial charge in [-0.15, -0.1) is 0 Å². The zero-order chi connectivity index (χ0) is 19.6. The molecule has 8 nitrogen and oxygen atoms in total. The van der Waals surface area contributed by atoms with Crippen molar-refractivity contribution in [1.82, 2.24) is 9.80 Å². The maximum atomic E-state index is 12.6. The van der Waals surface area contributed by atoms with Crippen LogP contribution in [-0.2, 0) is 20.9 Å². The second kappa shape index (κ2) is 7.61. The predicted molar refractivity (Wildman–Crippen MR) is 94.7 cm³/mol. The van der Waals surface area contributed by atoms with E-state index in [1.807, 2.05) is 6.92 Å². The number of esters is 1. The van der Waals surface area contributed by atoms with Crippen LogP contribution in [0.2, 0.25) is 0 Å². The molecule has 8 heteroatoms. The van der Waals surface area contributed by atoms with E-state index >= 15 is 0 Å². The third kappa shape index (κ3) is 3.30. The topological polar surface area (TPSA) is 97.1 Å². The van der Waals surface area contributed by atoms with Crippen molar-refractivity contribution < 1.29 is 28.3 Å². The molecule has 2 aromatic rings. The molecule has 0 aliphatic carbocycles. The lowest BCUT2D eigenvalue weighted by Gasteiger charge is -2.15. The molecule has 0 bridgehead atoms. The predicted octanol–water partition coefficient (Wildman–Crippen LogP) is 2.70. The van der Waals surface area contributed by atoms with Gasteiger partial charge in [-0.2, -0.15) is 0 Å². The van der Waals surface area contributed by atoms with E-state index in [4.69, 9.17) is 9.15 Å². The van der Waals surface area contributed by atoms with Crippen molar-refractivity contribution in [1.29, 1.82) is 0 Å². The number of carbonyl (C=O) groups is 4. The summed E-state index contributed by atoms with van der Waals surface area (Å²) >= 11 is 0. The minimum atomic E-state index is -0.906. The average Bonchev–Trinajstić information content (AvgIpc) is 3.12. The van der Waals surface area contributed by atoms with Crippen molar-refractivity contribution in [2.45, 2.75) is 33.2 Å². The molecule has 0 unspecified atom stereocenters. The standard InChI is InChI=1S/C19H20N2O6/c1-3-5-10-20-16(22)17(23)21(19(20)25)11-13-12-8-6-7-9-14(12)27-15(13)18(24)26-4-2/h6-9H,3-5,10-11H2,1-2H3. The molecule has 1 aliphatic heterocycles. The summed E-state index contributed by atoms with van der Waals surface area (Å²) < 4.78 is 10.6. The molecule has 0 spiro atoms. The largest absolute Gasteiger partial charge is 0.460 e. The highest BCUT2D eigenvalue weighted by atomic mass is 16.5. The highest BCUT2D eigenvalue weighted by Crippen LogP contribution is 2.29. The van der Waals surface area contributed by atoms with Crippen molar-refractivity contribution in [3.63, 3.8) is 0 Å². The first-order valence-electron chi connectivity index (χ1n) is 8.84. The van der Waals surface area contributed by atoms with Crippen LogP contribution in [0.25, 0.3) is 11.0 Å². The number of furan rings is 1. The fourth-order valence-electron chi connectivity index (χ4n) is 2.98. The molecule has 27 heavy (non-hydrogen) atoms. The van der Waals surface area contributed by atoms with E-state index in [0.717, 1.165) is 16.2 Å². The number of amides is 4. The van der Waals surface area contributed by atoms with Crippen molar-refractivity contribution in [2.24, 2.45) is 0 Å². The highest BCUT2D eigenvalue weighted by molar-refractivity contribution is 6.44. The summed E-state index contributed by atoms with van der Waals surface area (Å²) in [6.07, 6.45) is 1.39. The van der Waals surface area contributed by atoms with Gasteiger partial charge in [0.15, 0.2) is 0 Å². The summed E-state index contributed by atoms with van der Waals surface area (Å²) in [6, 6.07) is 6.21. The smallest absolute Gasteiger partial charge is 0.374 e. The molecule has 1 aliphatic rings. The van der Waals surface area contributed by atoms with Crippen molar-refractivity contribution in [3.8, 4) is 0 Å². The number of imide groups is 2. The first kappa shape index (κ1) is 18.6. The van der Waals surface area contributed by atoms with Gasteiger partial charge in [-0.3, -0.25) is 19.4 Å². The molecule has 0 atom stereocenters. The van der Waals surface area contributed by atoms with Gasteiger partial charge >= 0.3 is 23.8 Å². The Morgan fingerprint density at radius 3 is 2.48 bits per heavy atom. The lowest BCUT2D eigenvalue weighted by molar-refractivity contribution is -0.143. The Kier molecular flexibility index (Phi) is 5.25. The SMILES string of the molecule is CCCCN1C(=O)C(=O)N(Cc2c(C(=O)OCC)oc3ccccc23)C1=O. The molecule has 0 N–H and O–H groups in total. The molecule has 0 radical (unpaired) electrons. The summed E-state index contributed by atoms with van der Waals surface area (Å²) in [5.74, 6) is -2.51. The van der Waals surface area contributed by atoms with Crippen LogP contribution in [0.1, 0.15) is 42.8 Å².